The summed E-state index contributed by atoms with van der Waals surface area (Å²) in [7, 11) is 0. The molecule has 0 aromatic rings. The summed E-state index contributed by atoms with van der Waals surface area (Å²) in [6.45, 7) is 7.35. The number of likely N-dealkylation sites (tertiary alicyclic amines) is 1. The zero-order valence-corrected chi connectivity index (χ0v) is 10.7. The predicted molar refractivity (Wildman–Crippen MR) is 68.6 cm³/mol. The molecule has 1 rings (SSSR count). The normalized spacial score (nSPS) is 22.2. The second-order valence-electron chi connectivity index (χ2n) is 4.51. The Morgan fingerprint density at radius 1 is 1.65 bits per heavy atom. The molecule has 4 heteroatoms. The Labute approximate surface area is 104 Å². The summed E-state index contributed by atoms with van der Waals surface area (Å²) in [5.74, 6) is 0.0733. The summed E-state index contributed by atoms with van der Waals surface area (Å²) in [4.78, 5) is 14.1. The molecule has 98 valence electrons. The van der Waals surface area contributed by atoms with Crippen LogP contribution >= 0.6 is 0 Å². The van der Waals surface area contributed by atoms with Gasteiger partial charge in [-0.2, -0.15) is 0 Å². The van der Waals surface area contributed by atoms with Crippen molar-refractivity contribution in [1.82, 2.24) is 4.90 Å². The highest BCUT2D eigenvalue weighted by molar-refractivity contribution is 5.81. The lowest BCUT2D eigenvalue weighted by molar-refractivity contribution is -0.146. The molecule has 0 aromatic carbocycles. The van der Waals surface area contributed by atoms with Crippen LogP contribution in [0.1, 0.15) is 32.6 Å². The Morgan fingerprint density at radius 2 is 2.41 bits per heavy atom. The van der Waals surface area contributed by atoms with Crippen LogP contribution in [0.4, 0.5) is 0 Å². The van der Waals surface area contributed by atoms with E-state index in [1.54, 1.807) is 6.08 Å². The molecule has 1 amide bonds. The van der Waals surface area contributed by atoms with Gasteiger partial charge in [-0.3, -0.25) is 4.79 Å². The number of carbonyl (C=O) groups excluding carboxylic acids is 1. The second-order valence-corrected chi connectivity index (χ2v) is 4.51. The molecule has 1 heterocycles. The number of hydrogen-bond acceptors (Lipinski definition) is 3. The third kappa shape index (κ3) is 4.13. The number of nitrogens with two attached hydrogens (primary N) is 1. The molecule has 0 bridgehead atoms. The van der Waals surface area contributed by atoms with Crippen molar-refractivity contribution in [3.8, 4) is 0 Å². The summed E-state index contributed by atoms with van der Waals surface area (Å²) in [5.41, 5.74) is 5.71. The number of nitrogens with zero attached hydrogens (tertiary/aromatic N) is 1. The van der Waals surface area contributed by atoms with Crippen molar-refractivity contribution in [2.75, 3.05) is 19.7 Å². The monoisotopic (exact) mass is 240 g/mol. The molecule has 1 aliphatic heterocycles. The molecule has 0 aromatic heterocycles. The number of rotatable bonds is 6. The molecule has 0 saturated carbocycles. The molecule has 0 aliphatic carbocycles. The highest BCUT2D eigenvalue weighted by Crippen LogP contribution is 2.17. The van der Waals surface area contributed by atoms with Crippen LogP contribution < -0.4 is 5.73 Å². The van der Waals surface area contributed by atoms with E-state index < -0.39 is 0 Å². The average Bonchev–Trinajstić information content (AvgIpc) is 2.38. The molecular weight excluding hydrogens is 216 g/mol. The number of ether oxygens (including phenoxy) is 1. The van der Waals surface area contributed by atoms with Gasteiger partial charge in [-0.1, -0.05) is 6.08 Å². The zero-order chi connectivity index (χ0) is 12.7. The Morgan fingerprint density at radius 3 is 3.06 bits per heavy atom. The molecule has 17 heavy (non-hydrogen) atoms. The third-order valence-electron chi connectivity index (χ3n) is 3.22. The standard InChI is InChI=1S/C13H24N2O2/c1-3-4-9-17-11(2)13(16)15-8-6-5-7-12(15)10-14/h3,11-12H,1,4-10,14H2,2H3. The van der Waals surface area contributed by atoms with Crippen LogP contribution in [0, 0.1) is 0 Å². The zero-order valence-electron chi connectivity index (χ0n) is 10.7. The first-order valence-corrected chi connectivity index (χ1v) is 6.43. The van der Waals surface area contributed by atoms with E-state index in [9.17, 15) is 4.79 Å². The maximum atomic E-state index is 12.2. The van der Waals surface area contributed by atoms with Crippen molar-refractivity contribution in [3.63, 3.8) is 0 Å². The van der Waals surface area contributed by atoms with Crippen molar-refractivity contribution >= 4 is 5.91 Å². The van der Waals surface area contributed by atoms with Gasteiger partial charge < -0.3 is 15.4 Å². The number of amides is 1. The summed E-state index contributed by atoms with van der Waals surface area (Å²) in [6.07, 6.45) is 5.45. The van der Waals surface area contributed by atoms with Crippen LogP contribution in [0.3, 0.4) is 0 Å². The Hall–Kier alpha value is -0.870. The second kappa shape index (κ2) is 7.45. The van der Waals surface area contributed by atoms with Crippen LogP contribution in [0.5, 0.6) is 0 Å². The molecular formula is C13H24N2O2. The molecule has 2 atom stereocenters. The van der Waals surface area contributed by atoms with Gasteiger partial charge in [-0.15, -0.1) is 6.58 Å². The molecule has 0 spiro atoms. The molecule has 1 fully saturated rings. The SMILES string of the molecule is C=CCCOC(C)C(=O)N1CCCCC1CN. The van der Waals surface area contributed by atoms with Crippen molar-refractivity contribution in [1.29, 1.82) is 0 Å². The lowest BCUT2D eigenvalue weighted by Crippen LogP contribution is -2.51. The van der Waals surface area contributed by atoms with Crippen LogP contribution in [-0.4, -0.2) is 42.6 Å². The highest BCUT2D eigenvalue weighted by Gasteiger charge is 2.28. The number of hydrogen-bond donors (Lipinski definition) is 1. The van der Waals surface area contributed by atoms with E-state index in [-0.39, 0.29) is 18.1 Å². The van der Waals surface area contributed by atoms with E-state index in [0.29, 0.717) is 13.2 Å². The quantitative estimate of drug-likeness (QED) is 0.562. The Kier molecular flexibility index (Phi) is 6.22. The number of carbonyl (C=O) groups is 1. The fourth-order valence-corrected chi connectivity index (χ4v) is 2.17. The van der Waals surface area contributed by atoms with Crippen molar-refractivity contribution in [2.45, 2.75) is 44.8 Å². The summed E-state index contributed by atoms with van der Waals surface area (Å²) in [6, 6.07) is 0.196. The van der Waals surface area contributed by atoms with Crippen molar-refractivity contribution < 1.29 is 9.53 Å². The maximum absolute atomic E-state index is 12.2. The maximum Gasteiger partial charge on any atom is 0.251 e. The summed E-state index contributed by atoms with van der Waals surface area (Å²) in [5, 5.41) is 0. The molecule has 1 aliphatic rings. The minimum absolute atomic E-state index is 0.0733. The first kappa shape index (κ1) is 14.2. The summed E-state index contributed by atoms with van der Waals surface area (Å²) >= 11 is 0. The van der Waals surface area contributed by atoms with E-state index in [4.69, 9.17) is 10.5 Å². The van der Waals surface area contributed by atoms with Crippen molar-refractivity contribution in [3.05, 3.63) is 12.7 Å². The minimum Gasteiger partial charge on any atom is -0.368 e. The molecule has 0 radical (unpaired) electrons. The van der Waals surface area contributed by atoms with E-state index in [0.717, 1.165) is 32.2 Å². The fraction of sp³-hybridized carbons (Fsp3) is 0.769. The van der Waals surface area contributed by atoms with E-state index in [1.807, 2.05) is 11.8 Å². The van der Waals surface area contributed by atoms with Gasteiger partial charge in [0.1, 0.15) is 6.10 Å². The largest absolute Gasteiger partial charge is 0.368 e. The van der Waals surface area contributed by atoms with Gasteiger partial charge in [-0.25, -0.2) is 0 Å². The van der Waals surface area contributed by atoms with Gasteiger partial charge >= 0.3 is 0 Å². The van der Waals surface area contributed by atoms with E-state index in [1.165, 1.54) is 0 Å². The van der Waals surface area contributed by atoms with E-state index in [2.05, 4.69) is 6.58 Å². The molecule has 4 nitrogen and oxygen atoms in total. The molecule has 1 saturated heterocycles. The smallest absolute Gasteiger partial charge is 0.251 e. The van der Waals surface area contributed by atoms with Gasteiger partial charge in [0.2, 0.25) is 0 Å². The Balaban J connectivity index is 2.45. The average molecular weight is 240 g/mol. The lowest BCUT2D eigenvalue weighted by atomic mass is 10.0. The van der Waals surface area contributed by atoms with Crippen LogP contribution in [-0.2, 0) is 9.53 Å². The fourth-order valence-electron chi connectivity index (χ4n) is 2.17. The van der Waals surface area contributed by atoms with Crippen LogP contribution in [0.15, 0.2) is 12.7 Å². The van der Waals surface area contributed by atoms with Crippen molar-refractivity contribution in [2.24, 2.45) is 5.73 Å². The molecule has 2 N–H and O–H groups in total. The third-order valence-corrected chi connectivity index (χ3v) is 3.22. The predicted octanol–water partition coefficient (Wildman–Crippen LogP) is 1.31. The first-order valence-electron chi connectivity index (χ1n) is 6.43. The van der Waals surface area contributed by atoms with Gasteiger partial charge in [0, 0.05) is 19.1 Å². The van der Waals surface area contributed by atoms with Crippen LogP contribution in [0.25, 0.3) is 0 Å². The van der Waals surface area contributed by atoms with Gasteiger partial charge in [0.05, 0.1) is 6.61 Å². The first-order chi connectivity index (χ1) is 8.20. The lowest BCUT2D eigenvalue weighted by Gasteiger charge is -2.36. The topological polar surface area (TPSA) is 55.6 Å². The minimum atomic E-state index is -0.373. The number of piperidine rings is 1. The highest BCUT2D eigenvalue weighted by atomic mass is 16.5. The van der Waals surface area contributed by atoms with E-state index >= 15 is 0 Å². The van der Waals surface area contributed by atoms with Gasteiger partial charge in [0.15, 0.2) is 0 Å². The summed E-state index contributed by atoms with van der Waals surface area (Å²) < 4.78 is 5.49. The van der Waals surface area contributed by atoms with Gasteiger partial charge in [0.25, 0.3) is 5.91 Å². The van der Waals surface area contributed by atoms with Gasteiger partial charge in [-0.05, 0) is 32.6 Å². The van der Waals surface area contributed by atoms with Crippen LogP contribution in [0.2, 0.25) is 0 Å². The Bertz CT molecular complexity index is 256. The molecule has 2 unspecified atom stereocenters.